The zero-order valence-electron chi connectivity index (χ0n) is 10.9. The Balaban J connectivity index is 2.87. The molecule has 116 valence electrons. The lowest BCUT2D eigenvalue weighted by Gasteiger charge is -2.13. The average molecular weight is 318 g/mol. The molecule has 1 amide bonds. The molecular weight excluding hydrogens is 304 g/mol. The van der Waals surface area contributed by atoms with Gasteiger partial charge in [-0.15, -0.1) is 0 Å². The second-order valence-corrected chi connectivity index (χ2v) is 5.61. The Labute approximate surface area is 120 Å². The lowest BCUT2D eigenvalue weighted by atomic mass is 10.2. The van der Waals surface area contributed by atoms with Gasteiger partial charge in [0.05, 0.1) is 18.4 Å². The van der Waals surface area contributed by atoms with Gasteiger partial charge in [0, 0.05) is 0 Å². The number of hydrogen-bond acceptors (Lipinski definition) is 7. The van der Waals surface area contributed by atoms with Gasteiger partial charge in [-0.25, -0.2) is 13.1 Å². The minimum atomic E-state index is -4.17. The fourth-order valence-electron chi connectivity index (χ4n) is 1.39. The second kappa shape index (κ2) is 7.02. The number of amides is 1. The summed E-state index contributed by atoms with van der Waals surface area (Å²) in [6.45, 7) is 0. The van der Waals surface area contributed by atoms with E-state index >= 15 is 0 Å². The van der Waals surface area contributed by atoms with Crippen LogP contribution in [0.1, 0.15) is 6.42 Å². The van der Waals surface area contributed by atoms with Gasteiger partial charge in [0.2, 0.25) is 0 Å². The van der Waals surface area contributed by atoms with Gasteiger partial charge in [-0.3, -0.25) is 9.59 Å². The quantitative estimate of drug-likeness (QED) is 0.484. The molecule has 0 saturated heterocycles. The van der Waals surface area contributed by atoms with E-state index in [2.05, 4.69) is 0 Å². The molecule has 1 aromatic rings. The van der Waals surface area contributed by atoms with Crippen molar-refractivity contribution in [1.29, 1.82) is 0 Å². The van der Waals surface area contributed by atoms with E-state index in [1.165, 1.54) is 36.9 Å². The van der Waals surface area contributed by atoms with Crippen LogP contribution in [0.3, 0.4) is 0 Å². The van der Waals surface area contributed by atoms with Crippen molar-refractivity contribution in [2.24, 2.45) is 0 Å². The third-order valence-electron chi connectivity index (χ3n) is 2.46. The zero-order chi connectivity index (χ0) is 16.0. The van der Waals surface area contributed by atoms with Crippen LogP contribution in [0, 0.1) is 0 Å². The van der Waals surface area contributed by atoms with Gasteiger partial charge < -0.3 is 15.1 Å². The summed E-state index contributed by atoms with van der Waals surface area (Å²) in [4.78, 5) is 21.9. The van der Waals surface area contributed by atoms with Crippen LogP contribution in [0.4, 0.5) is 0 Å². The minimum Gasteiger partial charge on any atom is -0.497 e. The fraction of sp³-hybridized carbons (Fsp3) is 0.273. The van der Waals surface area contributed by atoms with Crippen LogP contribution >= 0.6 is 0 Å². The van der Waals surface area contributed by atoms with Crippen molar-refractivity contribution >= 4 is 21.9 Å². The molecule has 0 heterocycles. The molecule has 0 bridgehead atoms. The molecule has 0 aromatic heterocycles. The Kier molecular flexibility index (Phi) is 5.64. The van der Waals surface area contributed by atoms with E-state index in [-0.39, 0.29) is 4.90 Å². The number of sulfonamides is 1. The number of methoxy groups -OCH3 is 1. The van der Waals surface area contributed by atoms with E-state index < -0.39 is 34.4 Å². The molecular formula is C11H14N2O7S. The van der Waals surface area contributed by atoms with Crippen LogP contribution in [-0.4, -0.2) is 43.8 Å². The number of ether oxygens (including phenoxy) is 1. The first-order valence-electron chi connectivity index (χ1n) is 5.62. The van der Waals surface area contributed by atoms with Crippen LogP contribution in [0.5, 0.6) is 5.75 Å². The molecule has 9 nitrogen and oxygen atoms in total. The largest absolute Gasteiger partial charge is 0.497 e. The third-order valence-corrected chi connectivity index (χ3v) is 3.82. The van der Waals surface area contributed by atoms with E-state index in [1.54, 1.807) is 4.72 Å². The number of carboxylic acids is 1. The lowest BCUT2D eigenvalue weighted by Crippen LogP contribution is -2.46. The van der Waals surface area contributed by atoms with Crippen molar-refractivity contribution in [2.75, 3.05) is 7.11 Å². The number of aliphatic carboxylic acids is 1. The molecule has 1 atom stereocenters. The first kappa shape index (κ1) is 16.9. The monoisotopic (exact) mass is 318 g/mol. The number of hydroxylamine groups is 1. The highest BCUT2D eigenvalue weighted by molar-refractivity contribution is 7.90. The number of carboxylic acid groups (broad SMARTS) is 1. The molecule has 0 aliphatic rings. The van der Waals surface area contributed by atoms with E-state index in [4.69, 9.17) is 15.1 Å². The number of hydrogen-bond donors (Lipinski definition) is 4. The SMILES string of the molecule is COc1ccc(S(=O)(=O)NC(=O)[C@H](CC(=O)O)NO)cc1. The van der Waals surface area contributed by atoms with E-state index in [0.717, 1.165) is 0 Å². The first-order valence-corrected chi connectivity index (χ1v) is 7.10. The van der Waals surface area contributed by atoms with Crippen LogP contribution < -0.4 is 14.9 Å². The summed E-state index contributed by atoms with van der Waals surface area (Å²) in [6.07, 6.45) is -0.777. The van der Waals surface area contributed by atoms with Crippen molar-refractivity contribution in [1.82, 2.24) is 10.2 Å². The van der Waals surface area contributed by atoms with E-state index in [1.807, 2.05) is 0 Å². The van der Waals surface area contributed by atoms with Crippen LogP contribution in [0.25, 0.3) is 0 Å². The Morgan fingerprint density at radius 1 is 1.29 bits per heavy atom. The summed E-state index contributed by atoms with van der Waals surface area (Å²) in [6, 6.07) is 3.62. The van der Waals surface area contributed by atoms with Gasteiger partial charge in [0.1, 0.15) is 11.8 Å². The lowest BCUT2D eigenvalue weighted by molar-refractivity contribution is -0.141. The second-order valence-electron chi connectivity index (χ2n) is 3.92. The Hall–Kier alpha value is -2.17. The van der Waals surface area contributed by atoms with Crippen LogP contribution in [0.2, 0.25) is 0 Å². The standard InChI is InChI=1S/C11H14N2O7S/c1-20-7-2-4-8(5-3-7)21(18,19)13-11(16)9(12-17)6-10(14)15/h2-5,9,12,17H,6H2,1H3,(H,13,16)(H,14,15)/t9-/m0/s1. The molecule has 0 aliphatic heterocycles. The summed E-state index contributed by atoms with van der Waals surface area (Å²) >= 11 is 0. The Morgan fingerprint density at radius 3 is 2.29 bits per heavy atom. The minimum absolute atomic E-state index is 0.205. The van der Waals surface area contributed by atoms with Crippen molar-refractivity contribution < 1.29 is 33.1 Å². The number of carbonyl (C=O) groups excluding carboxylic acids is 1. The van der Waals surface area contributed by atoms with Gasteiger partial charge >= 0.3 is 5.97 Å². The maximum atomic E-state index is 11.9. The molecule has 4 N–H and O–H groups in total. The predicted molar refractivity (Wildman–Crippen MR) is 69.3 cm³/mol. The zero-order valence-corrected chi connectivity index (χ0v) is 11.8. The summed E-state index contributed by atoms with van der Waals surface area (Å²) in [5.74, 6) is -2.13. The smallest absolute Gasteiger partial charge is 0.305 e. The van der Waals surface area contributed by atoms with Crippen molar-refractivity contribution in [3.05, 3.63) is 24.3 Å². The van der Waals surface area contributed by atoms with Gasteiger partial charge in [-0.1, -0.05) is 0 Å². The molecule has 1 aromatic carbocycles. The third kappa shape index (κ3) is 4.70. The molecule has 21 heavy (non-hydrogen) atoms. The van der Waals surface area contributed by atoms with Gasteiger partial charge in [0.15, 0.2) is 0 Å². The van der Waals surface area contributed by atoms with Crippen LogP contribution in [-0.2, 0) is 19.6 Å². The number of benzene rings is 1. The van der Waals surface area contributed by atoms with Gasteiger partial charge in [0.25, 0.3) is 15.9 Å². The van der Waals surface area contributed by atoms with Crippen molar-refractivity contribution in [3.63, 3.8) is 0 Å². The average Bonchev–Trinajstić information content (AvgIpc) is 2.44. The molecule has 0 radical (unpaired) electrons. The predicted octanol–water partition coefficient (Wildman–Crippen LogP) is -0.678. The number of rotatable bonds is 7. The Morgan fingerprint density at radius 2 is 1.86 bits per heavy atom. The molecule has 10 heteroatoms. The van der Waals surface area contributed by atoms with Crippen LogP contribution in [0.15, 0.2) is 29.2 Å². The first-order chi connectivity index (χ1) is 9.80. The Bertz CT molecular complexity index is 612. The van der Waals surface area contributed by atoms with Crippen molar-refractivity contribution in [3.8, 4) is 5.75 Å². The van der Waals surface area contributed by atoms with E-state index in [0.29, 0.717) is 5.75 Å². The number of nitrogens with one attached hydrogen (secondary N) is 2. The normalized spacial score (nSPS) is 12.5. The molecule has 0 spiro atoms. The molecule has 0 unspecified atom stereocenters. The number of carbonyl (C=O) groups is 2. The maximum Gasteiger partial charge on any atom is 0.305 e. The molecule has 0 fully saturated rings. The molecule has 1 rings (SSSR count). The summed E-state index contributed by atoms with van der Waals surface area (Å²) in [7, 11) is -2.76. The summed E-state index contributed by atoms with van der Waals surface area (Å²) in [5.41, 5.74) is 1.45. The summed E-state index contributed by atoms with van der Waals surface area (Å²) < 4.78 is 30.4. The highest BCUT2D eigenvalue weighted by atomic mass is 32.2. The van der Waals surface area contributed by atoms with Crippen molar-refractivity contribution in [2.45, 2.75) is 17.4 Å². The highest BCUT2D eigenvalue weighted by Gasteiger charge is 2.26. The molecule has 0 saturated carbocycles. The van der Waals surface area contributed by atoms with Gasteiger partial charge in [-0.2, -0.15) is 5.48 Å². The van der Waals surface area contributed by atoms with Gasteiger partial charge in [-0.05, 0) is 24.3 Å². The fourth-order valence-corrected chi connectivity index (χ4v) is 2.41. The molecule has 0 aliphatic carbocycles. The topological polar surface area (TPSA) is 142 Å². The summed E-state index contributed by atoms with van der Waals surface area (Å²) in [5, 5.41) is 17.2. The maximum absolute atomic E-state index is 11.9. The highest BCUT2D eigenvalue weighted by Crippen LogP contribution is 2.15. The van der Waals surface area contributed by atoms with E-state index in [9.17, 15) is 18.0 Å².